The number of hydrogen-bond donors (Lipinski definition) is 4. The van der Waals surface area contributed by atoms with E-state index in [4.69, 9.17) is 9.47 Å². The Morgan fingerprint density at radius 2 is 1.83 bits per heavy atom. The molecule has 0 radical (unpaired) electrons. The maximum Gasteiger partial charge on any atom is 0.202 e. The minimum atomic E-state index is -1.63. The highest BCUT2D eigenvalue weighted by atomic mass is 16.5. The van der Waals surface area contributed by atoms with Gasteiger partial charge in [0.25, 0.3) is 0 Å². The van der Waals surface area contributed by atoms with Crippen molar-refractivity contribution >= 4 is 5.78 Å². The van der Waals surface area contributed by atoms with Gasteiger partial charge in [0.2, 0.25) is 5.78 Å². The number of aromatic hydroxyl groups is 3. The van der Waals surface area contributed by atoms with Crippen LogP contribution in [0.2, 0.25) is 0 Å². The van der Waals surface area contributed by atoms with Crippen molar-refractivity contribution in [1.29, 1.82) is 0 Å². The van der Waals surface area contributed by atoms with Gasteiger partial charge in [0.15, 0.2) is 12.2 Å². The number of carbonyl (C=O) groups excluding carboxylic acids is 1. The van der Waals surface area contributed by atoms with E-state index in [-0.39, 0.29) is 28.4 Å². The van der Waals surface area contributed by atoms with E-state index in [2.05, 4.69) is 0 Å². The van der Waals surface area contributed by atoms with Gasteiger partial charge in [-0.3, -0.25) is 4.79 Å². The lowest BCUT2D eigenvalue weighted by Gasteiger charge is -2.30. The predicted molar refractivity (Wildman–Crippen MR) is 78.1 cm³/mol. The van der Waals surface area contributed by atoms with Gasteiger partial charge in [-0.05, 0) is 18.2 Å². The van der Waals surface area contributed by atoms with Crippen molar-refractivity contribution in [2.45, 2.75) is 12.2 Å². The van der Waals surface area contributed by atoms with Crippen LogP contribution in [-0.2, 0) is 0 Å². The third kappa shape index (κ3) is 2.40. The standard InChI is InChI=1S/C16H14O7/c1-22-8-2-3-10(18)9(6-8)16-15(21)14(20)13-11(19)4-7(17)5-12(13)23-16/h2-6,15-19,21H,1H3/t15-,16-/m1/s1. The molecule has 1 heterocycles. The summed E-state index contributed by atoms with van der Waals surface area (Å²) in [6, 6.07) is 6.44. The van der Waals surface area contributed by atoms with Crippen molar-refractivity contribution in [3.8, 4) is 28.7 Å². The molecule has 1 aliphatic rings. The van der Waals surface area contributed by atoms with Crippen LogP contribution in [0.25, 0.3) is 0 Å². The molecule has 0 spiro atoms. The molecule has 0 aromatic heterocycles. The van der Waals surface area contributed by atoms with Gasteiger partial charge < -0.3 is 29.9 Å². The summed E-state index contributed by atoms with van der Waals surface area (Å²) in [5.41, 5.74) is -0.0624. The number of methoxy groups -OCH3 is 1. The number of aliphatic hydroxyl groups is 1. The predicted octanol–water partition coefficient (Wildman–Crippen LogP) is 1.49. The summed E-state index contributed by atoms with van der Waals surface area (Å²) in [7, 11) is 1.44. The van der Waals surface area contributed by atoms with Crippen molar-refractivity contribution in [2.75, 3.05) is 7.11 Å². The van der Waals surface area contributed by atoms with Crippen LogP contribution >= 0.6 is 0 Å². The van der Waals surface area contributed by atoms with Gasteiger partial charge in [-0.15, -0.1) is 0 Å². The van der Waals surface area contributed by atoms with Crippen LogP contribution in [0.4, 0.5) is 0 Å². The molecule has 2 atom stereocenters. The van der Waals surface area contributed by atoms with E-state index in [0.717, 1.165) is 12.1 Å². The average molecular weight is 318 g/mol. The highest BCUT2D eigenvalue weighted by Crippen LogP contribution is 2.43. The molecule has 2 aromatic carbocycles. The Balaban J connectivity index is 2.11. The van der Waals surface area contributed by atoms with E-state index < -0.39 is 23.7 Å². The topological polar surface area (TPSA) is 116 Å². The molecule has 0 aliphatic carbocycles. The Morgan fingerprint density at radius 3 is 2.52 bits per heavy atom. The Bertz CT molecular complexity index is 784. The molecule has 0 bridgehead atoms. The summed E-state index contributed by atoms with van der Waals surface area (Å²) in [5, 5.41) is 39.5. The molecule has 1 aliphatic heterocycles. The van der Waals surface area contributed by atoms with Gasteiger partial charge in [-0.25, -0.2) is 0 Å². The fraction of sp³-hybridized carbons (Fsp3) is 0.188. The molecule has 0 fully saturated rings. The number of phenolic OH excluding ortho intramolecular Hbond substituents is 3. The maximum atomic E-state index is 12.3. The Hall–Kier alpha value is -2.93. The van der Waals surface area contributed by atoms with Gasteiger partial charge >= 0.3 is 0 Å². The largest absolute Gasteiger partial charge is 0.508 e. The number of Topliss-reactive ketones (excluding diaryl/α,β-unsaturated/α-hetero) is 1. The number of hydrogen-bond acceptors (Lipinski definition) is 7. The van der Waals surface area contributed by atoms with Gasteiger partial charge in [0.1, 0.15) is 34.3 Å². The monoisotopic (exact) mass is 318 g/mol. The molecule has 3 rings (SSSR count). The molecule has 0 saturated heterocycles. The van der Waals surface area contributed by atoms with Crippen molar-refractivity contribution in [3.63, 3.8) is 0 Å². The number of aliphatic hydroxyl groups excluding tert-OH is 1. The zero-order valence-electron chi connectivity index (χ0n) is 12.1. The second-order valence-electron chi connectivity index (χ2n) is 5.11. The van der Waals surface area contributed by atoms with Crippen molar-refractivity contribution < 1.29 is 34.7 Å². The molecular formula is C16H14O7. The minimum absolute atomic E-state index is 0.0787. The van der Waals surface area contributed by atoms with Crippen LogP contribution in [0.3, 0.4) is 0 Å². The molecule has 0 unspecified atom stereocenters. The summed E-state index contributed by atoms with van der Waals surface area (Å²) in [6.07, 6.45) is -2.83. The zero-order valence-corrected chi connectivity index (χ0v) is 12.1. The summed E-state index contributed by atoms with van der Waals surface area (Å²) in [4.78, 5) is 12.3. The highest BCUT2D eigenvalue weighted by Gasteiger charge is 2.40. The fourth-order valence-electron chi connectivity index (χ4n) is 2.53. The van der Waals surface area contributed by atoms with Crippen LogP contribution < -0.4 is 9.47 Å². The lowest BCUT2D eigenvalue weighted by atomic mass is 9.92. The Morgan fingerprint density at radius 1 is 1.09 bits per heavy atom. The maximum absolute atomic E-state index is 12.3. The number of phenols is 3. The van der Waals surface area contributed by atoms with Crippen molar-refractivity contribution in [3.05, 3.63) is 41.5 Å². The van der Waals surface area contributed by atoms with Crippen molar-refractivity contribution in [1.82, 2.24) is 0 Å². The number of rotatable bonds is 2. The van der Waals surface area contributed by atoms with Gasteiger partial charge in [-0.2, -0.15) is 0 Å². The van der Waals surface area contributed by atoms with E-state index in [1.807, 2.05) is 0 Å². The van der Waals surface area contributed by atoms with E-state index in [1.54, 1.807) is 0 Å². The van der Waals surface area contributed by atoms with Crippen LogP contribution in [0.15, 0.2) is 30.3 Å². The van der Waals surface area contributed by atoms with Crippen LogP contribution in [0.5, 0.6) is 28.7 Å². The number of carbonyl (C=O) groups is 1. The van der Waals surface area contributed by atoms with Gasteiger partial charge in [0.05, 0.1) is 7.11 Å². The third-order valence-electron chi connectivity index (χ3n) is 3.66. The van der Waals surface area contributed by atoms with E-state index in [0.29, 0.717) is 5.75 Å². The summed E-state index contributed by atoms with van der Waals surface area (Å²) in [6.45, 7) is 0. The molecule has 23 heavy (non-hydrogen) atoms. The first kappa shape index (κ1) is 15.0. The summed E-state index contributed by atoms with van der Waals surface area (Å²) < 4.78 is 10.6. The van der Waals surface area contributed by atoms with E-state index in [1.165, 1.54) is 25.3 Å². The molecule has 7 heteroatoms. The van der Waals surface area contributed by atoms with E-state index in [9.17, 15) is 25.2 Å². The van der Waals surface area contributed by atoms with Crippen molar-refractivity contribution in [2.24, 2.45) is 0 Å². The van der Waals surface area contributed by atoms with E-state index >= 15 is 0 Å². The van der Waals surface area contributed by atoms with Crippen LogP contribution in [0.1, 0.15) is 22.0 Å². The molecule has 0 saturated carbocycles. The van der Waals surface area contributed by atoms with Gasteiger partial charge in [0, 0.05) is 17.7 Å². The number of fused-ring (bicyclic) bond motifs is 1. The summed E-state index contributed by atoms with van der Waals surface area (Å²) in [5.74, 6) is -1.40. The molecule has 2 aromatic rings. The fourth-order valence-corrected chi connectivity index (χ4v) is 2.53. The average Bonchev–Trinajstić information content (AvgIpc) is 2.51. The molecule has 120 valence electrons. The normalized spacial score (nSPS) is 19.8. The second kappa shape index (κ2) is 5.36. The molecule has 4 N–H and O–H groups in total. The quantitative estimate of drug-likeness (QED) is 0.663. The van der Waals surface area contributed by atoms with Crippen LogP contribution in [-0.4, -0.2) is 39.4 Å². The smallest absolute Gasteiger partial charge is 0.202 e. The Kier molecular flexibility index (Phi) is 3.49. The number of ether oxygens (including phenoxy) is 2. The van der Waals surface area contributed by atoms with Gasteiger partial charge in [-0.1, -0.05) is 0 Å². The number of ketones is 1. The lowest BCUT2D eigenvalue weighted by molar-refractivity contribution is 0.0202. The first-order chi connectivity index (χ1) is 10.9. The zero-order chi connectivity index (χ0) is 16.7. The first-order valence-corrected chi connectivity index (χ1v) is 6.74. The van der Waals surface area contributed by atoms with Crippen LogP contribution in [0, 0.1) is 0 Å². The highest BCUT2D eigenvalue weighted by molar-refractivity contribution is 6.05. The lowest BCUT2D eigenvalue weighted by Crippen LogP contribution is -2.36. The Labute approximate surface area is 131 Å². The molecule has 7 nitrogen and oxygen atoms in total. The SMILES string of the molecule is COc1ccc(O)c([C@H]2Oc3cc(O)cc(O)c3C(=O)[C@H]2O)c1. The number of benzene rings is 2. The third-order valence-corrected chi connectivity index (χ3v) is 3.66. The molecular weight excluding hydrogens is 304 g/mol. The molecule has 0 amide bonds. The minimum Gasteiger partial charge on any atom is -0.508 e. The first-order valence-electron chi connectivity index (χ1n) is 6.74. The summed E-state index contributed by atoms with van der Waals surface area (Å²) >= 11 is 0. The second-order valence-corrected chi connectivity index (χ2v) is 5.11.